The Bertz CT molecular complexity index is 736. The van der Waals surface area contributed by atoms with Gasteiger partial charge in [-0.15, -0.1) is 0 Å². The summed E-state index contributed by atoms with van der Waals surface area (Å²) in [5, 5.41) is 2.93. The van der Waals surface area contributed by atoms with Crippen LogP contribution in [0.4, 0.5) is 0 Å². The van der Waals surface area contributed by atoms with Gasteiger partial charge in [0.15, 0.2) is 0 Å². The molecule has 2 aromatic carbocycles. The molecule has 0 unspecified atom stereocenters. The predicted molar refractivity (Wildman–Crippen MR) is 138 cm³/mol. The second kappa shape index (κ2) is 20.0. The maximum atomic E-state index is 10.3. The van der Waals surface area contributed by atoms with Crippen LogP contribution in [-0.4, -0.2) is 80.3 Å². The Morgan fingerprint density at radius 1 is 1.03 bits per heavy atom. The molecule has 1 aliphatic rings. The van der Waals surface area contributed by atoms with Crippen molar-refractivity contribution in [1.29, 1.82) is 0 Å². The van der Waals surface area contributed by atoms with Gasteiger partial charge in [0.1, 0.15) is 0 Å². The molecule has 1 radical (unpaired) electrons. The molecule has 1 heterocycles. The molecule has 7 nitrogen and oxygen atoms in total. The molecule has 0 bridgehead atoms. The molecule has 1 fully saturated rings. The van der Waals surface area contributed by atoms with Crippen LogP contribution in [0.25, 0.3) is 0 Å². The van der Waals surface area contributed by atoms with E-state index in [4.69, 9.17) is 0 Å². The van der Waals surface area contributed by atoms with Crippen LogP contribution >= 0.6 is 12.1 Å². The summed E-state index contributed by atoms with van der Waals surface area (Å²) in [5.74, 6) is -0.593. The van der Waals surface area contributed by atoms with Crippen molar-refractivity contribution in [2.45, 2.75) is 13.0 Å². The number of likely N-dealkylation sites (N-methyl/N-ethyl adjacent to an activating group) is 1. The average Bonchev–Trinajstić information content (AvgIpc) is 2.85. The molecule has 0 atom stereocenters. The van der Waals surface area contributed by atoms with E-state index in [1.54, 1.807) is 7.05 Å². The topological polar surface area (TPSA) is 67.9 Å². The molecule has 0 aliphatic carbocycles. The summed E-state index contributed by atoms with van der Waals surface area (Å²) in [6, 6.07) is 22.1. The van der Waals surface area contributed by atoms with Gasteiger partial charge in [0.2, 0.25) is 0 Å². The van der Waals surface area contributed by atoms with Gasteiger partial charge >= 0.3 is 0 Å². The second-order valence-corrected chi connectivity index (χ2v) is 8.30. The first-order valence-corrected chi connectivity index (χ1v) is 11.8. The van der Waals surface area contributed by atoms with Gasteiger partial charge in [0.25, 0.3) is 0 Å². The minimum absolute atomic E-state index is 0. The summed E-state index contributed by atoms with van der Waals surface area (Å²) in [6.07, 6.45) is 1.37. The van der Waals surface area contributed by atoms with Crippen molar-refractivity contribution in [1.82, 2.24) is 24.1 Å². The molecule has 9 heteroatoms. The van der Waals surface area contributed by atoms with Crippen molar-refractivity contribution in [2.75, 3.05) is 53.9 Å². The Morgan fingerprint density at radius 3 is 1.76 bits per heavy atom. The van der Waals surface area contributed by atoms with Crippen molar-refractivity contribution in [3.05, 3.63) is 78.7 Å². The third-order valence-corrected chi connectivity index (χ3v) is 5.62. The van der Waals surface area contributed by atoms with E-state index in [0.717, 1.165) is 49.2 Å². The molecule has 2 N–H and O–H groups in total. The number of imide groups is 1. The first kappa shape index (κ1) is 32.7. The smallest absolute Gasteiger partial charge is 0.0838 e. The van der Waals surface area contributed by atoms with E-state index in [-0.39, 0.29) is 32.7 Å². The van der Waals surface area contributed by atoms with Gasteiger partial charge in [0.05, 0.1) is 12.5 Å². The fraction of sp³-hybridized carbons (Fsp3) is 0.400. The molecule has 3 rings (SSSR count). The third kappa shape index (κ3) is 12.4. The van der Waals surface area contributed by atoms with Crippen LogP contribution in [0.3, 0.4) is 0 Å². The van der Waals surface area contributed by atoms with Gasteiger partial charge in [-0.05, 0) is 38.8 Å². The molecule has 2 aromatic rings. The summed E-state index contributed by atoms with van der Waals surface area (Å²) in [6.45, 7) is 10.7. The maximum absolute atomic E-state index is 10.3. The van der Waals surface area contributed by atoms with Gasteiger partial charge in [-0.1, -0.05) is 73.5 Å². The number of hydrogen-bond donors (Lipinski definition) is 2. The molecule has 1 aliphatic heterocycles. The first-order chi connectivity index (χ1) is 16.0. The van der Waals surface area contributed by atoms with E-state index >= 15 is 0 Å². The summed E-state index contributed by atoms with van der Waals surface area (Å²) in [7, 11) is 5.72. The third-order valence-electron chi connectivity index (χ3n) is 4.98. The zero-order valence-corrected chi connectivity index (χ0v) is 24.4. The SMILES string of the molecule is CCNC.CN1CCN(C(c2ccccc2)c2ccccc2)CC1.[CH2-]C(=O)N([C-]=O)SNC.[Y]. The van der Waals surface area contributed by atoms with Crippen LogP contribution in [0.15, 0.2) is 60.7 Å². The Hall–Kier alpha value is -1.26. The van der Waals surface area contributed by atoms with Crippen LogP contribution < -0.4 is 10.0 Å². The van der Waals surface area contributed by atoms with Crippen LogP contribution in [0.5, 0.6) is 0 Å². The van der Waals surface area contributed by atoms with Gasteiger partial charge in [0, 0.05) is 71.0 Å². The van der Waals surface area contributed by atoms with E-state index in [1.807, 2.05) is 7.05 Å². The van der Waals surface area contributed by atoms with Crippen LogP contribution in [-0.2, 0) is 42.3 Å². The summed E-state index contributed by atoms with van der Waals surface area (Å²) in [4.78, 5) is 25.1. The van der Waals surface area contributed by atoms with E-state index in [9.17, 15) is 9.59 Å². The molecule has 0 spiro atoms. The molecule has 1 saturated heterocycles. The number of benzene rings is 2. The second-order valence-electron chi connectivity index (χ2n) is 7.35. The van der Waals surface area contributed by atoms with Gasteiger partial charge in [-0.25, -0.2) is 0 Å². The fourth-order valence-corrected chi connectivity index (χ4v) is 3.50. The standard InChI is InChI=1S/C18H22N2.C4H6N2O2S.C3H9N.Y/c1-19-12-14-20(15-13-19)18(16-8-4-2-5-9-16)17-10-6-3-7-11-17;1-4(8)6(3-7)9-5-2;1-3-4-2;/h2-11,18H,12-15H2,1H3;5H,1H2,2H3;4H,3H2,1-2H3;/q;-2;;. The zero-order chi connectivity index (χ0) is 24.5. The summed E-state index contributed by atoms with van der Waals surface area (Å²) in [5.41, 5.74) is 2.78. The van der Waals surface area contributed by atoms with Gasteiger partial charge in [-0.2, -0.15) is 0 Å². The van der Waals surface area contributed by atoms with Crippen molar-refractivity contribution in [3.63, 3.8) is 0 Å². The number of rotatable bonds is 7. The van der Waals surface area contributed by atoms with Gasteiger partial charge in [-0.3, -0.25) is 9.62 Å². The number of carbonyl (C=O) groups excluding carboxylic acids is 2. The van der Waals surface area contributed by atoms with Crippen LogP contribution in [0.2, 0.25) is 0 Å². The molecular weight excluding hydrogens is 523 g/mol. The predicted octanol–water partition coefficient (Wildman–Crippen LogP) is 2.75. The van der Waals surface area contributed by atoms with Crippen molar-refractivity contribution in [2.24, 2.45) is 0 Å². The Morgan fingerprint density at radius 2 is 1.47 bits per heavy atom. The molecular formula is C25H37N5O2SY-2. The number of piperazine rings is 1. The number of nitrogens with zero attached hydrogens (tertiary/aromatic N) is 3. The normalized spacial score (nSPS) is 13.4. The molecule has 2 amide bonds. The Labute approximate surface area is 235 Å². The number of amides is 2. The quantitative estimate of drug-likeness (QED) is 0.307. The minimum Gasteiger partial charge on any atom is -0.422 e. The molecule has 34 heavy (non-hydrogen) atoms. The van der Waals surface area contributed by atoms with Crippen LogP contribution in [0.1, 0.15) is 24.1 Å². The monoisotopic (exact) mass is 560 g/mol. The Balaban J connectivity index is 0.000000657. The maximum Gasteiger partial charge on any atom is 0.0838 e. The zero-order valence-electron chi connectivity index (χ0n) is 20.7. The molecule has 0 aromatic heterocycles. The Kier molecular flexibility index (Phi) is 19.2. The minimum atomic E-state index is -0.593. The summed E-state index contributed by atoms with van der Waals surface area (Å²) < 4.78 is 3.24. The van der Waals surface area contributed by atoms with E-state index in [0.29, 0.717) is 6.04 Å². The molecule has 0 saturated carbocycles. The van der Waals surface area contributed by atoms with E-state index in [2.05, 4.69) is 101 Å². The van der Waals surface area contributed by atoms with E-state index in [1.165, 1.54) is 17.5 Å². The first-order valence-electron chi connectivity index (χ1n) is 11.0. The van der Waals surface area contributed by atoms with Crippen molar-refractivity contribution in [3.8, 4) is 0 Å². The van der Waals surface area contributed by atoms with E-state index < -0.39 is 5.91 Å². The molecule has 185 valence electrons. The number of nitrogens with one attached hydrogen (secondary N) is 2. The van der Waals surface area contributed by atoms with Gasteiger partial charge < -0.3 is 31.0 Å². The summed E-state index contributed by atoms with van der Waals surface area (Å²) >= 11 is 0.832. The fourth-order valence-electron chi connectivity index (χ4n) is 3.18. The number of carbonyl (C=O) groups is 1. The average molecular weight is 561 g/mol. The van der Waals surface area contributed by atoms with Crippen LogP contribution in [0, 0.1) is 6.92 Å². The van der Waals surface area contributed by atoms with Crippen molar-refractivity contribution >= 4 is 24.5 Å². The van der Waals surface area contributed by atoms with Crippen molar-refractivity contribution < 1.29 is 42.3 Å². The largest absolute Gasteiger partial charge is 0.422 e. The number of hydrogen-bond acceptors (Lipinski definition) is 7.